The van der Waals surface area contributed by atoms with Crippen LogP contribution in [0, 0.1) is 6.92 Å². The molecular weight excluding hydrogens is 386 g/mol. The number of carboxylic acids is 1. The molecule has 0 unspecified atom stereocenters. The maximum absolute atomic E-state index is 12.5. The highest BCUT2D eigenvalue weighted by molar-refractivity contribution is 6.30. The number of imidazole rings is 1. The van der Waals surface area contributed by atoms with Gasteiger partial charge < -0.3 is 19.2 Å². The Morgan fingerprint density at radius 3 is 2.64 bits per heavy atom. The van der Waals surface area contributed by atoms with Crippen LogP contribution in [-0.4, -0.2) is 38.9 Å². The molecule has 0 atom stereocenters. The highest BCUT2D eigenvalue weighted by Gasteiger charge is 2.20. The summed E-state index contributed by atoms with van der Waals surface area (Å²) in [5.74, 6) is -0.369. The Labute approximate surface area is 165 Å². The number of halogens is 1. The van der Waals surface area contributed by atoms with Gasteiger partial charge >= 0.3 is 5.97 Å². The summed E-state index contributed by atoms with van der Waals surface area (Å²) in [4.78, 5) is 34.7. The van der Waals surface area contributed by atoms with E-state index in [1.807, 2.05) is 6.92 Å². The number of oxazole rings is 1. The van der Waals surface area contributed by atoms with Crippen molar-refractivity contribution in [2.24, 2.45) is 0 Å². The number of ketones is 1. The van der Waals surface area contributed by atoms with Crippen molar-refractivity contribution in [1.29, 1.82) is 0 Å². The molecule has 0 saturated heterocycles. The number of benzene rings is 1. The Balaban J connectivity index is 1.88. The predicted molar refractivity (Wildman–Crippen MR) is 101 cm³/mol. The zero-order chi connectivity index (χ0) is 20.4. The number of aromatic amines is 1. The molecular formula is C19H18ClN3O5. The molecule has 0 saturated carbocycles. The summed E-state index contributed by atoms with van der Waals surface area (Å²) in [6.07, 6.45) is 0.701. The van der Waals surface area contributed by atoms with E-state index in [0.717, 1.165) is 0 Å². The van der Waals surface area contributed by atoms with Gasteiger partial charge in [-0.3, -0.25) is 4.79 Å². The molecule has 2 heterocycles. The van der Waals surface area contributed by atoms with E-state index >= 15 is 0 Å². The molecule has 0 aliphatic heterocycles. The smallest absolute Gasteiger partial charge is 0.358 e. The Morgan fingerprint density at radius 2 is 2.07 bits per heavy atom. The fraction of sp³-hybridized carbons (Fsp3) is 0.263. The third-order valence-corrected chi connectivity index (χ3v) is 4.54. The number of aromatic carboxylic acids is 1. The molecule has 0 radical (unpaired) electrons. The lowest BCUT2D eigenvalue weighted by molar-refractivity contribution is 0.0689. The first-order chi connectivity index (χ1) is 13.3. The van der Waals surface area contributed by atoms with Crippen LogP contribution in [0.1, 0.15) is 45.0 Å². The number of carboxylic acid groups (broad SMARTS) is 1. The second kappa shape index (κ2) is 7.85. The van der Waals surface area contributed by atoms with Crippen molar-refractivity contribution in [2.75, 3.05) is 7.11 Å². The average molecular weight is 404 g/mol. The van der Waals surface area contributed by atoms with Crippen LogP contribution >= 0.6 is 11.6 Å². The standard InChI is InChI=1S/C19H18ClN3O5/c1-4-12-16(20)23-17(21-12)13(24)7-10-5-6-11(8-14(10)27-3)18-22-15(19(25)26)9(2)28-18/h5-6,8H,4,7H2,1-3H3,(H,21,23)(H,25,26). The Bertz CT molecular complexity index is 1050. The van der Waals surface area contributed by atoms with Gasteiger partial charge in [-0.05, 0) is 25.5 Å². The van der Waals surface area contributed by atoms with E-state index in [1.165, 1.54) is 14.0 Å². The zero-order valence-electron chi connectivity index (χ0n) is 15.5. The quantitative estimate of drug-likeness (QED) is 0.577. The third kappa shape index (κ3) is 3.77. The first-order valence-corrected chi connectivity index (χ1v) is 8.87. The summed E-state index contributed by atoms with van der Waals surface area (Å²) in [5, 5.41) is 9.41. The van der Waals surface area contributed by atoms with Crippen LogP contribution in [0.5, 0.6) is 5.75 Å². The van der Waals surface area contributed by atoms with Crippen molar-refractivity contribution in [2.45, 2.75) is 26.7 Å². The van der Waals surface area contributed by atoms with Gasteiger partial charge in [-0.15, -0.1) is 0 Å². The number of aryl methyl sites for hydroxylation is 2. The normalized spacial score (nSPS) is 10.9. The number of Topliss-reactive ketones (excluding diaryl/α,β-unsaturated/α-hetero) is 1. The average Bonchev–Trinajstić information content (AvgIpc) is 3.24. The summed E-state index contributed by atoms with van der Waals surface area (Å²) in [6, 6.07) is 5.04. The van der Waals surface area contributed by atoms with Gasteiger partial charge in [0, 0.05) is 17.5 Å². The molecule has 0 spiro atoms. The molecule has 8 nitrogen and oxygen atoms in total. The maximum atomic E-state index is 12.5. The van der Waals surface area contributed by atoms with E-state index in [2.05, 4.69) is 15.0 Å². The highest BCUT2D eigenvalue weighted by Crippen LogP contribution is 2.29. The van der Waals surface area contributed by atoms with Crippen LogP contribution in [0.2, 0.25) is 5.15 Å². The second-order valence-corrected chi connectivity index (χ2v) is 6.42. The Kier molecular flexibility index (Phi) is 5.51. The van der Waals surface area contributed by atoms with E-state index in [4.69, 9.17) is 25.9 Å². The topological polar surface area (TPSA) is 118 Å². The summed E-state index contributed by atoms with van der Waals surface area (Å²) in [6.45, 7) is 3.44. The molecule has 0 aliphatic carbocycles. The number of ether oxygens (including phenoxy) is 1. The van der Waals surface area contributed by atoms with E-state index < -0.39 is 5.97 Å². The fourth-order valence-corrected chi connectivity index (χ4v) is 3.02. The van der Waals surface area contributed by atoms with Crippen LogP contribution in [0.15, 0.2) is 22.6 Å². The zero-order valence-corrected chi connectivity index (χ0v) is 16.3. The lowest BCUT2D eigenvalue weighted by Crippen LogP contribution is -2.07. The van der Waals surface area contributed by atoms with Gasteiger partial charge in [-0.25, -0.2) is 14.8 Å². The van der Waals surface area contributed by atoms with E-state index in [9.17, 15) is 9.59 Å². The number of nitrogens with one attached hydrogen (secondary N) is 1. The minimum atomic E-state index is -1.16. The maximum Gasteiger partial charge on any atom is 0.358 e. The monoisotopic (exact) mass is 403 g/mol. The predicted octanol–water partition coefficient (Wildman–Crippen LogP) is 3.72. The first-order valence-electron chi connectivity index (χ1n) is 8.49. The fourth-order valence-electron chi connectivity index (χ4n) is 2.75. The van der Waals surface area contributed by atoms with E-state index in [1.54, 1.807) is 18.2 Å². The van der Waals surface area contributed by atoms with Crippen molar-refractivity contribution in [3.8, 4) is 17.2 Å². The van der Waals surface area contributed by atoms with Crippen LogP contribution in [0.25, 0.3) is 11.5 Å². The number of carbonyl (C=O) groups is 2. The molecule has 2 N–H and O–H groups in total. The second-order valence-electron chi connectivity index (χ2n) is 6.06. The van der Waals surface area contributed by atoms with Crippen molar-refractivity contribution in [1.82, 2.24) is 15.0 Å². The number of hydrogen-bond acceptors (Lipinski definition) is 6. The Morgan fingerprint density at radius 1 is 1.32 bits per heavy atom. The van der Waals surface area contributed by atoms with E-state index in [0.29, 0.717) is 34.1 Å². The lowest BCUT2D eigenvalue weighted by atomic mass is 10.0. The van der Waals surface area contributed by atoms with Gasteiger partial charge in [0.1, 0.15) is 11.5 Å². The van der Waals surface area contributed by atoms with Gasteiger partial charge in [0.05, 0.1) is 12.8 Å². The van der Waals surface area contributed by atoms with Crippen molar-refractivity contribution >= 4 is 23.4 Å². The van der Waals surface area contributed by atoms with Crippen LogP contribution < -0.4 is 4.74 Å². The number of nitrogens with zero attached hydrogens (tertiary/aromatic N) is 2. The third-order valence-electron chi connectivity index (χ3n) is 4.23. The number of rotatable bonds is 7. The molecule has 0 bridgehead atoms. The summed E-state index contributed by atoms with van der Waals surface area (Å²) in [7, 11) is 1.48. The SMILES string of the molecule is CCc1[nH]c(C(=O)Cc2ccc(-c3nc(C(=O)O)c(C)o3)cc2OC)nc1Cl. The molecule has 2 aromatic heterocycles. The molecule has 28 heavy (non-hydrogen) atoms. The van der Waals surface area contributed by atoms with Gasteiger partial charge in [0.15, 0.2) is 16.7 Å². The van der Waals surface area contributed by atoms with Crippen molar-refractivity contribution < 1.29 is 23.8 Å². The summed E-state index contributed by atoms with van der Waals surface area (Å²) in [5.41, 5.74) is 1.75. The van der Waals surface area contributed by atoms with E-state index in [-0.39, 0.29) is 35.4 Å². The van der Waals surface area contributed by atoms with Crippen LogP contribution in [0.3, 0.4) is 0 Å². The molecule has 1 aromatic carbocycles. The van der Waals surface area contributed by atoms with Gasteiger partial charge in [0.2, 0.25) is 11.7 Å². The first kappa shape index (κ1) is 19.6. The molecule has 3 aromatic rings. The van der Waals surface area contributed by atoms with Crippen LogP contribution in [-0.2, 0) is 12.8 Å². The minimum absolute atomic E-state index is 0.0570. The van der Waals surface area contributed by atoms with Gasteiger partial charge in [-0.2, -0.15) is 0 Å². The highest BCUT2D eigenvalue weighted by atomic mass is 35.5. The molecule has 3 rings (SSSR count). The van der Waals surface area contributed by atoms with Crippen molar-refractivity contribution in [3.05, 3.63) is 51.9 Å². The summed E-state index contributed by atoms with van der Waals surface area (Å²) < 4.78 is 10.8. The number of carbonyl (C=O) groups excluding carboxylic acids is 1. The minimum Gasteiger partial charge on any atom is -0.496 e. The lowest BCUT2D eigenvalue weighted by Gasteiger charge is -2.08. The van der Waals surface area contributed by atoms with Crippen LogP contribution in [0.4, 0.5) is 0 Å². The van der Waals surface area contributed by atoms with Gasteiger partial charge in [0.25, 0.3) is 0 Å². The Hall–Kier alpha value is -3.13. The number of hydrogen-bond donors (Lipinski definition) is 2. The number of aromatic nitrogens is 3. The molecule has 0 amide bonds. The molecule has 146 valence electrons. The summed E-state index contributed by atoms with van der Waals surface area (Å²) >= 11 is 6.00. The number of H-pyrrole nitrogens is 1. The van der Waals surface area contributed by atoms with Gasteiger partial charge in [-0.1, -0.05) is 24.6 Å². The molecule has 0 aliphatic rings. The van der Waals surface area contributed by atoms with Crippen molar-refractivity contribution in [3.63, 3.8) is 0 Å². The molecule has 0 fully saturated rings. The molecule has 9 heteroatoms. The largest absolute Gasteiger partial charge is 0.496 e. The number of methoxy groups -OCH3 is 1.